The van der Waals surface area contributed by atoms with E-state index >= 15 is 0 Å². The van der Waals surface area contributed by atoms with E-state index < -0.39 is 0 Å². The average molecular weight is 381 g/mol. The Hall–Kier alpha value is -2.63. The molecule has 0 saturated heterocycles. The van der Waals surface area contributed by atoms with Gasteiger partial charge in [0, 0.05) is 12.3 Å². The van der Waals surface area contributed by atoms with Gasteiger partial charge in [0.1, 0.15) is 12.4 Å². The lowest BCUT2D eigenvalue weighted by molar-refractivity contribution is 0.111. The van der Waals surface area contributed by atoms with Crippen molar-refractivity contribution in [1.82, 2.24) is 14.8 Å². The number of pyridine rings is 1. The fourth-order valence-corrected chi connectivity index (χ4v) is 4.36. The first kappa shape index (κ1) is 18.7. The van der Waals surface area contributed by atoms with Crippen molar-refractivity contribution in [3.05, 3.63) is 41.4 Å². The largest absolute Gasteiger partial charge is 0.487 e. The molecule has 0 aliphatic heterocycles. The zero-order valence-electron chi connectivity index (χ0n) is 16.4. The van der Waals surface area contributed by atoms with Crippen LogP contribution in [0.5, 0.6) is 11.6 Å². The molecule has 0 N–H and O–H groups in total. The standard InChI is InChI=1S/C22H27N3O3/c1-27-22-12-17(14-26)21(13-23-22)28-15-16-6-2-5-9-19(16)20-10-11-24-25(20)18-7-3-4-8-18/h10-14,18H,2-9,15H2,1H3. The first-order chi connectivity index (χ1) is 13.8. The zero-order chi connectivity index (χ0) is 19.3. The predicted octanol–water partition coefficient (Wildman–Crippen LogP) is 4.62. The lowest BCUT2D eigenvalue weighted by atomic mass is 9.90. The summed E-state index contributed by atoms with van der Waals surface area (Å²) in [7, 11) is 1.53. The molecule has 6 heteroatoms. The fraction of sp³-hybridized carbons (Fsp3) is 0.500. The van der Waals surface area contributed by atoms with E-state index in [2.05, 4.69) is 20.8 Å². The number of nitrogens with zero attached hydrogens (tertiary/aromatic N) is 3. The van der Waals surface area contributed by atoms with Gasteiger partial charge in [0.25, 0.3) is 0 Å². The minimum Gasteiger partial charge on any atom is -0.487 e. The van der Waals surface area contributed by atoms with Crippen molar-refractivity contribution in [2.75, 3.05) is 13.7 Å². The van der Waals surface area contributed by atoms with Crippen LogP contribution in [0.25, 0.3) is 5.57 Å². The Labute approximate surface area is 165 Å². The van der Waals surface area contributed by atoms with Gasteiger partial charge in [-0.05, 0) is 55.7 Å². The van der Waals surface area contributed by atoms with Gasteiger partial charge in [-0.15, -0.1) is 0 Å². The molecule has 2 heterocycles. The molecule has 2 aromatic heterocycles. The Kier molecular flexibility index (Phi) is 5.74. The van der Waals surface area contributed by atoms with Crippen LogP contribution in [0.2, 0.25) is 0 Å². The molecule has 4 rings (SSSR count). The maximum atomic E-state index is 11.4. The summed E-state index contributed by atoms with van der Waals surface area (Å²) >= 11 is 0. The number of hydrogen-bond acceptors (Lipinski definition) is 5. The molecule has 0 atom stereocenters. The highest BCUT2D eigenvalue weighted by atomic mass is 16.5. The zero-order valence-corrected chi connectivity index (χ0v) is 16.4. The molecule has 0 spiro atoms. The number of aromatic nitrogens is 3. The second-order valence-electron chi connectivity index (χ2n) is 7.56. The van der Waals surface area contributed by atoms with Crippen LogP contribution in [0.4, 0.5) is 0 Å². The number of aldehydes is 1. The van der Waals surface area contributed by atoms with Crippen molar-refractivity contribution >= 4 is 11.9 Å². The van der Waals surface area contributed by atoms with Crippen molar-refractivity contribution in [2.24, 2.45) is 0 Å². The van der Waals surface area contributed by atoms with E-state index in [-0.39, 0.29) is 0 Å². The van der Waals surface area contributed by atoms with Crippen LogP contribution >= 0.6 is 0 Å². The Morgan fingerprint density at radius 1 is 1.21 bits per heavy atom. The van der Waals surface area contributed by atoms with E-state index in [9.17, 15) is 4.79 Å². The highest BCUT2D eigenvalue weighted by Gasteiger charge is 2.24. The normalized spacial score (nSPS) is 17.8. The lowest BCUT2D eigenvalue weighted by Gasteiger charge is -2.23. The summed E-state index contributed by atoms with van der Waals surface area (Å²) in [5.74, 6) is 0.907. The maximum absolute atomic E-state index is 11.4. The van der Waals surface area contributed by atoms with Crippen LogP contribution in [-0.2, 0) is 0 Å². The molecular weight excluding hydrogens is 354 g/mol. The molecule has 0 radical (unpaired) electrons. The number of ether oxygens (including phenoxy) is 2. The molecule has 2 aliphatic rings. The van der Waals surface area contributed by atoms with Crippen molar-refractivity contribution in [1.29, 1.82) is 0 Å². The summed E-state index contributed by atoms with van der Waals surface area (Å²) in [6, 6.07) is 4.27. The van der Waals surface area contributed by atoms with Gasteiger partial charge in [-0.3, -0.25) is 9.48 Å². The molecule has 1 saturated carbocycles. The molecule has 1 fully saturated rings. The van der Waals surface area contributed by atoms with Crippen molar-refractivity contribution in [3.8, 4) is 11.6 Å². The van der Waals surface area contributed by atoms with Crippen LogP contribution in [0.3, 0.4) is 0 Å². The van der Waals surface area contributed by atoms with Crippen LogP contribution < -0.4 is 9.47 Å². The van der Waals surface area contributed by atoms with Crippen LogP contribution in [-0.4, -0.2) is 34.8 Å². The average Bonchev–Trinajstić information content (AvgIpc) is 3.43. The number of rotatable bonds is 7. The van der Waals surface area contributed by atoms with Crippen molar-refractivity contribution in [3.63, 3.8) is 0 Å². The molecule has 2 aliphatic carbocycles. The smallest absolute Gasteiger partial charge is 0.213 e. The molecule has 6 nitrogen and oxygen atoms in total. The quantitative estimate of drug-likeness (QED) is 0.655. The van der Waals surface area contributed by atoms with Crippen molar-refractivity contribution < 1.29 is 14.3 Å². The second-order valence-corrected chi connectivity index (χ2v) is 7.56. The third-order valence-corrected chi connectivity index (χ3v) is 5.84. The van der Waals surface area contributed by atoms with Gasteiger partial charge in [-0.1, -0.05) is 12.8 Å². The molecular formula is C22H27N3O3. The summed E-state index contributed by atoms with van der Waals surface area (Å²) in [5.41, 5.74) is 4.37. The lowest BCUT2D eigenvalue weighted by Crippen LogP contribution is -2.14. The summed E-state index contributed by atoms with van der Waals surface area (Å²) < 4.78 is 13.3. The molecule has 0 amide bonds. The molecule has 28 heavy (non-hydrogen) atoms. The molecule has 0 unspecified atom stereocenters. The Bertz CT molecular complexity index is 866. The summed E-state index contributed by atoms with van der Waals surface area (Å²) in [5, 5.41) is 4.64. The Balaban J connectivity index is 1.58. The number of carbonyl (C=O) groups is 1. The number of allylic oxidation sites excluding steroid dienone is 1. The minimum absolute atomic E-state index is 0.410. The molecule has 0 aromatic carbocycles. The van der Waals surface area contributed by atoms with Gasteiger partial charge < -0.3 is 9.47 Å². The summed E-state index contributed by atoms with van der Waals surface area (Å²) in [6.45, 7) is 0.472. The topological polar surface area (TPSA) is 66.2 Å². The molecule has 148 valence electrons. The predicted molar refractivity (Wildman–Crippen MR) is 107 cm³/mol. The van der Waals surface area contributed by atoms with Gasteiger partial charge in [0.2, 0.25) is 5.88 Å². The highest BCUT2D eigenvalue weighted by molar-refractivity contribution is 5.79. The highest BCUT2D eigenvalue weighted by Crippen LogP contribution is 2.37. The Morgan fingerprint density at radius 2 is 2.04 bits per heavy atom. The van der Waals surface area contributed by atoms with Crippen LogP contribution in [0.1, 0.15) is 73.5 Å². The number of hydrogen-bond donors (Lipinski definition) is 0. The Morgan fingerprint density at radius 3 is 2.82 bits per heavy atom. The van der Waals surface area contributed by atoms with Gasteiger partial charge in [0.15, 0.2) is 6.29 Å². The van der Waals surface area contributed by atoms with E-state index in [0.717, 1.165) is 19.1 Å². The maximum Gasteiger partial charge on any atom is 0.213 e. The van der Waals surface area contributed by atoms with E-state index in [1.807, 2.05) is 6.20 Å². The van der Waals surface area contributed by atoms with Crippen molar-refractivity contribution in [2.45, 2.75) is 57.4 Å². The van der Waals surface area contributed by atoms with Crippen LogP contribution in [0, 0.1) is 0 Å². The molecule has 0 bridgehead atoms. The third kappa shape index (κ3) is 3.81. The first-order valence-electron chi connectivity index (χ1n) is 10.2. The van der Waals surface area contributed by atoms with E-state index in [1.165, 1.54) is 62.5 Å². The van der Waals surface area contributed by atoms with Gasteiger partial charge >= 0.3 is 0 Å². The second kappa shape index (κ2) is 8.59. The van der Waals surface area contributed by atoms with Gasteiger partial charge in [-0.25, -0.2) is 4.98 Å². The van der Waals surface area contributed by atoms with E-state index in [1.54, 1.807) is 12.3 Å². The van der Waals surface area contributed by atoms with Gasteiger partial charge in [0.05, 0.1) is 30.6 Å². The van der Waals surface area contributed by atoms with E-state index in [0.29, 0.717) is 29.8 Å². The molecule has 2 aromatic rings. The number of carbonyl (C=O) groups excluding carboxylic acids is 1. The van der Waals surface area contributed by atoms with Gasteiger partial charge in [-0.2, -0.15) is 5.10 Å². The minimum atomic E-state index is 0.410. The SMILES string of the molecule is COc1cc(C=O)c(OCC2=C(c3ccnn3C3CCCC3)CCCC2)cn1. The monoisotopic (exact) mass is 381 g/mol. The number of methoxy groups -OCH3 is 1. The van der Waals surface area contributed by atoms with Crippen LogP contribution in [0.15, 0.2) is 30.1 Å². The first-order valence-corrected chi connectivity index (χ1v) is 10.2. The summed E-state index contributed by atoms with van der Waals surface area (Å²) in [4.78, 5) is 15.6. The fourth-order valence-electron chi connectivity index (χ4n) is 4.36. The third-order valence-electron chi connectivity index (χ3n) is 5.84. The van der Waals surface area contributed by atoms with E-state index in [4.69, 9.17) is 9.47 Å². The summed E-state index contributed by atoms with van der Waals surface area (Å²) in [6.07, 6.45) is 13.7.